The quantitative estimate of drug-likeness (QED) is 0.786. The minimum absolute atomic E-state index is 0.698. The molecular formula is C14H20F2N2. The summed E-state index contributed by atoms with van der Waals surface area (Å²) in [5, 5.41) is 6.76. The second-order valence-corrected chi connectivity index (χ2v) is 4.91. The van der Waals surface area contributed by atoms with E-state index in [-0.39, 0.29) is 0 Å². The van der Waals surface area contributed by atoms with Gasteiger partial charge in [0.15, 0.2) is 11.6 Å². The minimum atomic E-state index is -0.778. The van der Waals surface area contributed by atoms with Gasteiger partial charge in [0.1, 0.15) is 0 Å². The molecule has 0 aromatic heterocycles. The van der Waals surface area contributed by atoms with Gasteiger partial charge in [-0.15, -0.1) is 0 Å². The van der Waals surface area contributed by atoms with Crippen molar-refractivity contribution in [3.63, 3.8) is 0 Å². The summed E-state index contributed by atoms with van der Waals surface area (Å²) in [6.45, 7) is 4.02. The maximum Gasteiger partial charge on any atom is 0.159 e. The van der Waals surface area contributed by atoms with E-state index in [0.29, 0.717) is 5.92 Å². The Morgan fingerprint density at radius 1 is 1.28 bits per heavy atom. The van der Waals surface area contributed by atoms with Gasteiger partial charge in [-0.25, -0.2) is 8.78 Å². The normalized spacial score (nSPS) is 20.0. The van der Waals surface area contributed by atoms with Crippen molar-refractivity contribution in [3.05, 3.63) is 35.4 Å². The SMILES string of the molecule is Fc1ccc(CCNCC2CCCNC2)cc1F. The Balaban J connectivity index is 1.66. The molecule has 1 aromatic rings. The van der Waals surface area contributed by atoms with Gasteiger partial charge in [0.25, 0.3) is 0 Å². The molecule has 0 radical (unpaired) electrons. The second-order valence-electron chi connectivity index (χ2n) is 4.91. The van der Waals surface area contributed by atoms with Crippen molar-refractivity contribution < 1.29 is 8.78 Å². The molecule has 2 nitrogen and oxygen atoms in total. The molecule has 0 bridgehead atoms. The van der Waals surface area contributed by atoms with Crippen LogP contribution in [-0.2, 0) is 6.42 Å². The van der Waals surface area contributed by atoms with Crippen molar-refractivity contribution in [2.45, 2.75) is 19.3 Å². The van der Waals surface area contributed by atoms with Gasteiger partial charge in [-0.1, -0.05) is 6.07 Å². The molecule has 100 valence electrons. The summed E-state index contributed by atoms with van der Waals surface area (Å²) in [5.74, 6) is -0.840. The molecule has 0 amide bonds. The highest BCUT2D eigenvalue weighted by atomic mass is 19.2. The summed E-state index contributed by atoms with van der Waals surface area (Å²) in [7, 11) is 0. The lowest BCUT2D eigenvalue weighted by molar-refractivity contribution is 0.361. The molecule has 1 aliphatic rings. The highest BCUT2D eigenvalue weighted by molar-refractivity contribution is 5.17. The number of piperidine rings is 1. The lowest BCUT2D eigenvalue weighted by Gasteiger charge is -2.22. The molecule has 1 saturated heterocycles. The molecule has 0 spiro atoms. The van der Waals surface area contributed by atoms with Crippen LogP contribution < -0.4 is 10.6 Å². The van der Waals surface area contributed by atoms with Gasteiger partial charge < -0.3 is 10.6 Å². The summed E-state index contributed by atoms with van der Waals surface area (Å²) in [5.41, 5.74) is 0.836. The fraction of sp³-hybridized carbons (Fsp3) is 0.571. The van der Waals surface area contributed by atoms with Crippen molar-refractivity contribution in [1.29, 1.82) is 0 Å². The van der Waals surface area contributed by atoms with Gasteiger partial charge in [-0.3, -0.25) is 0 Å². The van der Waals surface area contributed by atoms with Gasteiger partial charge >= 0.3 is 0 Å². The third-order valence-electron chi connectivity index (χ3n) is 3.41. The number of rotatable bonds is 5. The lowest BCUT2D eigenvalue weighted by atomic mass is 10.00. The van der Waals surface area contributed by atoms with Crippen molar-refractivity contribution >= 4 is 0 Å². The molecule has 1 atom stereocenters. The zero-order valence-electron chi connectivity index (χ0n) is 10.5. The molecule has 1 fully saturated rings. The topological polar surface area (TPSA) is 24.1 Å². The molecule has 0 saturated carbocycles. The smallest absolute Gasteiger partial charge is 0.159 e. The third kappa shape index (κ3) is 4.03. The van der Waals surface area contributed by atoms with E-state index in [9.17, 15) is 8.78 Å². The van der Waals surface area contributed by atoms with Crippen molar-refractivity contribution in [2.24, 2.45) is 5.92 Å². The maximum absolute atomic E-state index is 13.0. The predicted molar refractivity (Wildman–Crippen MR) is 68.5 cm³/mol. The highest BCUT2D eigenvalue weighted by Gasteiger charge is 2.11. The second kappa shape index (κ2) is 6.81. The first-order valence-electron chi connectivity index (χ1n) is 6.61. The predicted octanol–water partition coefficient (Wildman–Crippen LogP) is 2.10. The average molecular weight is 254 g/mol. The Morgan fingerprint density at radius 3 is 2.89 bits per heavy atom. The van der Waals surface area contributed by atoms with Crippen LogP contribution in [0.2, 0.25) is 0 Å². The van der Waals surface area contributed by atoms with Gasteiger partial charge in [-0.05, 0) is 69.1 Å². The fourth-order valence-corrected chi connectivity index (χ4v) is 2.33. The average Bonchev–Trinajstić information content (AvgIpc) is 2.40. The van der Waals surface area contributed by atoms with Gasteiger partial charge in [0, 0.05) is 0 Å². The molecular weight excluding hydrogens is 234 g/mol. The van der Waals surface area contributed by atoms with Crippen molar-refractivity contribution in [2.75, 3.05) is 26.2 Å². The summed E-state index contributed by atoms with van der Waals surface area (Å²) in [6, 6.07) is 4.11. The number of halogens is 2. The summed E-state index contributed by atoms with van der Waals surface area (Å²) in [6.07, 6.45) is 3.25. The molecule has 2 N–H and O–H groups in total. The van der Waals surface area contributed by atoms with Crippen LogP contribution in [-0.4, -0.2) is 26.2 Å². The summed E-state index contributed by atoms with van der Waals surface area (Å²) >= 11 is 0. The Labute approximate surface area is 107 Å². The molecule has 0 aliphatic carbocycles. The van der Waals surface area contributed by atoms with Crippen LogP contribution in [0.15, 0.2) is 18.2 Å². The molecule has 4 heteroatoms. The third-order valence-corrected chi connectivity index (χ3v) is 3.41. The van der Waals surface area contributed by atoms with E-state index >= 15 is 0 Å². The Morgan fingerprint density at radius 2 is 2.17 bits per heavy atom. The van der Waals surface area contributed by atoms with E-state index in [1.807, 2.05) is 0 Å². The summed E-state index contributed by atoms with van der Waals surface area (Å²) in [4.78, 5) is 0. The minimum Gasteiger partial charge on any atom is -0.316 e. The monoisotopic (exact) mass is 254 g/mol. The standard InChI is InChI=1S/C14H20F2N2/c15-13-4-3-11(8-14(13)16)5-7-18-10-12-2-1-6-17-9-12/h3-4,8,12,17-18H,1-2,5-7,9-10H2. The number of nitrogens with one attached hydrogen (secondary N) is 2. The fourth-order valence-electron chi connectivity index (χ4n) is 2.33. The van der Waals surface area contributed by atoms with E-state index in [1.165, 1.54) is 25.0 Å². The molecule has 1 aromatic carbocycles. The molecule has 2 rings (SSSR count). The van der Waals surface area contributed by atoms with Gasteiger partial charge in [-0.2, -0.15) is 0 Å². The number of hydrogen-bond donors (Lipinski definition) is 2. The van der Waals surface area contributed by atoms with Crippen LogP contribution in [0.3, 0.4) is 0 Å². The van der Waals surface area contributed by atoms with E-state index in [4.69, 9.17) is 0 Å². The van der Waals surface area contributed by atoms with Crippen molar-refractivity contribution in [3.8, 4) is 0 Å². The molecule has 1 aliphatic heterocycles. The van der Waals surface area contributed by atoms with Crippen LogP contribution in [0.5, 0.6) is 0 Å². The van der Waals surface area contributed by atoms with Crippen LogP contribution in [0, 0.1) is 17.6 Å². The van der Waals surface area contributed by atoms with Gasteiger partial charge in [0.05, 0.1) is 0 Å². The van der Waals surface area contributed by atoms with Gasteiger partial charge in [0.2, 0.25) is 0 Å². The van der Waals surface area contributed by atoms with Crippen LogP contribution in [0.4, 0.5) is 8.78 Å². The molecule has 18 heavy (non-hydrogen) atoms. The number of hydrogen-bond acceptors (Lipinski definition) is 2. The van der Waals surface area contributed by atoms with Crippen molar-refractivity contribution in [1.82, 2.24) is 10.6 Å². The maximum atomic E-state index is 13.0. The Bertz CT molecular complexity index is 376. The van der Waals surface area contributed by atoms with Crippen LogP contribution in [0.25, 0.3) is 0 Å². The first-order chi connectivity index (χ1) is 8.75. The van der Waals surface area contributed by atoms with E-state index in [0.717, 1.165) is 38.2 Å². The molecule has 1 heterocycles. The zero-order valence-corrected chi connectivity index (χ0v) is 10.5. The number of benzene rings is 1. The highest BCUT2D eigenvalue weighted by Crippen LogP contribution is 2.10. The van der Waals surface area contributed by atoms with Crippen LogP contribution >= 0.6 is 0 Å². The first kappa shape index (κ1) is 13.4. The van der Waals surface area contributed by atoms with E-state index in [1.54, 1.807) is 6.07 Å². The Kier molecular flexibility index (Phi) is 5.08. The zero-order chi connectivity index (χ0) is 12.8. The van der Waals surface area contributed by atoms with Crippen LogP contribution in [0.1, 0.15) is 18.4 Å². The molecule has 1 unspecified atom stereocenters. The lowest BCUT2D eigenvalue weighted by Crippen LogP contribution is -2.36. The largest absolute Gasteiger partial charge is 0.316 e. The summed E-state index contributed by atoms with van der Waals surface area (Å²) < 4.78 is 25.7. The first-order valence-corrected chi connectivity index (χ1v) is 6.61. The van der Waals surface area contributed by atoms with E-state index < -0.39 is 11.6 Å². The Hall–Kier alpha value is -1.00. The van der Waals surface area contributed by atoms with E-state index in [2.05, 4.69) is 10.6 Å².